The predicted octanol–water partition coefficient (Wildman–Crippen LogP) is 3.64. The molecule has 1 amide bonds. The highest BCUT2D eigenvalue weighted by molar-refractivity contribution is 5.75. The van der Waals surface area contributed by atoms with Gasteiger partial charge < -0.3 is 5.32 Å². The molecule has 3 saturated heterocycles. The zero-order chi connectivity index (χ0) is 22.5. The van der Waals surface area contributed by atoms with E-state index in [1.54, 1.807) is 12.4 Å². The second kappa shape index (κ2) is 10.7. The van der Waals surface area contributed by atoms with Gasteiger partial charge in [-0.15, -0.1) is 0 Å². The molecule has 0 aromatic carbocycles. The lowest BCUT2D eigenvalue weighted by molar-refractivity contribution is -0.121. The standard InChI is InChI=1S/C27H37N5O/c33-26(30-18-21-10-13-28-14-11-21)9-1-8-25-24-7-4-16-31-15-3-6-23(27(24)31)20-32(25)19-22-5-2-12-29-17-22/h2,5,10-14,17,23-25,27H,1,3-4,6-9,15-16,18-20H2,(H,30,33)/t23-,24+,25+,27-/m0/s1. The lowest BCUT2D eigenvalue weighted by Crippen LogP contribution is -2.64. The highest BCUT2D eigenvalue weighted by Gasteiger charge is 2.48. The molecule has 33 heavy (non-hydrogen) atoms. The molecule has 0 aliphatic carbocycles. The highest BCUT2D eigenvalue weighted by Crippen LogP contribution is 2.43. The summed E-state index contributed by atoms with van der Waals surface area (Å²) in [4.78, 5) is 26.5. The number of piperidine rings is 3. The van der Waals surface area contributed by atoms with Crippen molar-refractivity contribution >= 4 is 5.91 Å². The molecule has 3 aliphatic heterocycles. The smallest absolute Gasteiger partial charge is 0.220 e. The fourth-order valence-electron chi connectivity index (χ4n) is 6.65. The molecular weight excluding hydrogens is 410 g/mol. The molecule has 6 nitrogen and oxygen atoms in total. The number of nitrogens with one attached hydrogen (secondary N) is 1. The minimum Gasteiger partial charge on any atom is -0.352 e. The molecule has 5 rings (SSSR count). The van der Waals surface area contributed by atoms with Crippen molar-refractivity contribution in [2.75, 3.05) is 19.6 Å². The molecule has 5 heterocycles. The van der Waals surface area contributed by atoms with Crippen LogP contribution in [-0.2, 0) is 17.9 Å². The Kier molecular flexibility index (Phi) is 7.32. The first kappa shape index (κ1) is 22.5. The molecular formula is C27H37N5O. The maximum absolute atomic E-state index is 12.5. The third kappa shape index (κ3) is 5.44. The second-order valence-electron chi connectivity index (χ2n) is 10.1. The van der Waals surface area contributed by atoms with Gasteiger partial charge in [0.25, 0.3) is 0 Å². The van der Waals surface area contributed by atoms with Crippen molar-refractivity contribution in [2.45, 2.75) is 70.1 Å². The molecule has 1 N–H and O–H groups in total. The van der Waals surface area contributed by atoms with E-state index in [9.17, 15) is 4.79 Å². The monoisotopic (exact) mass is 447 g/mol. The number of nitrogens with zero attached hydrogens (tertiary/aromatic N) is 4. The summed E-state index contributed by atoms with van der Waals surface area (Å²) in [6.07, 6.45) is 15.4. The summed E-state index contributed by atoms with van der Waals surface area (Å²) in [5, 5.41) is 3.08. The molecule has 3 aliphatic rings. The number of carbonyl (C=O) groups excluding carboxylic acids is 1. The summed E-state index contributed by atoms with van der Waals surface area (Å²) in [5.74, 6) is 1.68. The zero-order valence-corrected chi connectivity index (χ0v) is 19.6. The molecule has 0 unspecified atom stereocenters. The van der Waals surface area contributed by atoms with Crippen LogP contribution in [0.2, 0.25) is 0 Å². The largest absolute Gasteiger partial charge is 0.352 e. The lowest BCUT2D eigenvalue weighted by Gasteiger charge is -2.57. The van der Waals surface area contributed by atoms with Gasteiger partial charge in [0.1, 0.15) is 0 Å². The number of pyridine rings is 2. The third-order valence-corrected chi connectivity index (χ3v) is 8.03. The number of carbonyl (C=O) groups is 1. The van der Waals surface area contributed by atoms with Crippen LogP contribution in [0.4, 0.5) is 0 Å². The highest BCUT2D eigenvalue weighted by atomic mass is 16.1. The van der Waals surface area contributed by atoms with Crippen LogP contribution in [-0.4, -0.2) is 57.4 Å². The van der Waals surface area contributed by atoms with Crippen molar-refractivity contribution in [3.05, 3.63) is 60.2 Å². The Morgan fingerprint density at radius 3 is 2.70 bits per heavy atom. The maximum atomic E-state index is 12.5. The van der Waals surface area contributed by atoms with Crippen molar-refractivity contribution in [3.63, 3.8) is 0 Å². The van der Waals surface area contributed by atoms with Gasteiger partial charge in [0, 0.05) is 62.9 Å². The van der Waals surface area contributed by atoms with E-state index in [4.69, 9.17) is 0 Å². The van der Waals surface area contributed by atoms with Gasteiger partial charge in [0.05, 0.1) is 0 Å². The molecule has 176 valence electrons. The SMILES string of the molecule is O=C(CCC[C@@H]1[C@H]2CCCN3CCC[C@@H](CN1Cc1cccnc1)[C@@H]23)NCc1ccncc1. The van der Waals surface area contributed by atoms with Gasteiger partial charge in [-0.1, -0.05) is 6.07 Å². The molecule has 2 aromatic rings. The fraction of sp³-hybridized carbons (Fsp3) is 0.593. The van der Waals surface area contributed by atoms with E-state index < -0.39 is 0 Å². The number of aromatic nitrogens is 2. The molecule has 2 aromatic heterocycles. The minimum atomic E-state index is 0.155. The van der Waals surface area contributed by atoms with Gasteiger partial charge in [0.15, 0.2) is 0 Å². The van der Waals surface area contributed by atoms with Crippen molar-refractivity contribution in [1.29, 1.82) is 0 Å². The Balaban J connectivity index is 1.22. The first-order valence-corrected chi connectivity index (χ1v) is 12.8. The van der Waals surface area contributed by atoms with Gasteiger partial charge in [-0.25, -0.2) is 0 Å². The van der Waals surface area contributed by atoms with Crippen LogP contribution in [0.3, 0.4) is 0 Å². The Labute approximate surface area is 197 Å². The average Bonchev–Trinajstić information content (AvgIpc) is 2.86. The number of likely N-dealkylation sites (tertiary alicyclic amines) is 1. The summed E-state index contributed by atoms with van der Waals surface area (Å²) in [6.45, 7) is 5.31. The molecule has 0 saturated carbocycles. The fourth-order valence-corrected chi connectivity index (χ4v) is 6.65. The van der Waals surface area contributed by atoms with E-state index in [1.807, 2.05) is 30.6 Å². The van der Waals surface area contributed by atoms with Crippen molar-refractivity contribution in [3.8, 4) is 0 Å². The Hall–Kier alpha value is -2.31. The first-order valence-electron chi connectivity index (χ1n) is 12.8. The Morgan fingerprint density at radius 2 is 1.88 bits per heavy atom. The van der Waals surface area contributed by atoms with Crippen molar-refractivity contribution in [1.82, 2.24) is 25.1 Å². The third-order valence-electron chi connectivity index (χ3n) is 8.03. The topological polar surface area (TPSA) is 61.4 Å². The summed E-state index contributed by atoms with van der Waals surface area (Å²) < 4.78 is 0. The van der Waals surface area contributed by atoms with Crippen molar-refractivity contribution < 1.29 is 4.79 Å². The summed E-state index contributed by atoms with van der Waals surface area (Å²) in [6, 6.07) is 9.47. The summed E-state index contributed by atoms with van der Waals surface area (Å²) >= 11 is 0. The maximum Gasteiger partial charge on any atom is 0.220 e. The number of hydrogen-bond acceptors (Lipinski definition) is 5. The van der Waals surface area contributed by atoms with Crippen LogP contribution in [0.1, 0.15) is 56.1 Å². The Morgan fingerprint density at radius 1 is 1.03 bits per heavy atom. The van der Waals surface area contributed by atoms with Gasteiger partial charge >= 0.3 is 0 Å². The van der Waals surface area contributed by atoms with Gasteiger partial charge in [-0.2, -0.15) is 0 Å². The first-order chi connectivity index (χ1) is 16.3. The minimum absolute atomic E-state index is 0.155. The van der Waals surface area contributed by atoms with Crippen LogP contribution in [0.5, 0.6) is 0 Å². The summed E-state index contributed by atoms with van der Waals surface area (Å²) in [5.41, 5.74) is 2.40. The quantitative estimate of drug-likeness (QED) is 0.670. The summed E-state index contributed by atoms with van der Waals surface area (Å²) in [7, 11) is 0. The van der Waals surface area contributed by atoms with Crippen LogP contribution in [0.15, 0.2) is 49.1 Å². The van der Waals surface area contributed by atoms with Crippen LogP contribution in [0.25, 0.3) is 0 Å². The van der Waals surface area contributed by atoms with E-state index in [1.165, 1.54) is 50.9 Å². The van der Waals surface area contributed by atoms with Crippen molar-refractivity contribution in [2.24, 2.45) is 11.8 Å². The van der Waals surface area contributed by atoms with E-state index >= 15 is 0 Å². The molecule has 3 fully saturated rings. The lowest BCUT2D eigenvalue weighted by atomic mass is 9.69. The normalized spacial score (nSPS) is 27.6. The molecule has 0 bridgehead atoms. The van der Waals surface area contributed by atoms with Crippen LogP contribution >= 0.6 is 0 Å². The number of rotatable bonds is 8. The van der Waals surface area contributed by atoms with E-state index in [0.29, 0.717) is 19.0 Å². The van der Waals surface area contributed by atoms with Gasteiger partial charge in [0.2, 0.25) is 5.91 Å². The number of hydrogen-bond donors (Lipinski definition) is 1. The molecule has 6 heteroatoms. The molecule has 4 atom stereocenters. The van der Waals surface area contributed by atoms with Gasteiger partial charge in [-0.05, 0) is 92.8 Å². The second-order valence-corrected chi connectivity index (χ2v) is 10.1. The Bertz CT molecular complexity index is 890. The van der Waals surface area contributed by atoms with Crippen LogP contribution in [0, 0.1) is 11.8 Å². The van der Waals surface area contributed by atoms with Crippen LogP contribution < -0.4 is 5.32 Å². The zero-order valence-electron chi connectivity index (χ0n) is 19.6. The number of amides is 1. The molecule has 0 radical (unpaired) electrons. The molecule has 0 spiro atoms. The van der Waals surface area contributed by atoms with Gasteiger partial charge in [-0.3, -0.25) is 24.6 Å². The van der Waals surface area contributed by atoms with E-state index in [-0.39, 0.29) is 5.91 Å². The van der Waals surface area contributed by atoms with E-state index in [0.717, 1.165) is 42.8 Å². The average molecular weight is 448 g/mol. The predicted molar refractivity (Wildman–Crippen MR) is 129 cm³/mol. The van der Waals surface area contributed by atoms with E-state index in [2.05, 4.69) is 31.2 Å².